The van der Waals surface area contributed by atoms with Gasteiger partial charge in [-0.2, -0.15) is 0 Å². The van der Waals surface area contributed by atoms with Crippen molar-refractivity contribution in [1.82, 2.24) is 10.2 Å². The van der Waals surface area contributed by atoms with Crippen molar-refractivity contribution in [3.8, 4) is 0 Å². The number of nitrogens with one attached hydrogen (secondary N) is 1. The van der Waals surface area contributed by atoms with Crippen molar-refractivity contribution in [1.29, 1.82) is 0 Å². The average Bonchev–Trinajstić information content (AvgIpc) is 2.50. The van der Waals surface area contributed by atoms with Crippen molar-refractivity contribution in [2.75, 3.05) is 0 Å². The molecule has 1 aromatic rings. The summed E-state index contributed by atoms with van der Waals surface area (Å²) >= 11 is 6.13. The number of hydrogen-bond donors (Lipinski definition) is 1. The number of benzene rings is 1. The molecule has 0 bridgehead atoms. The van der Waals surface area contributed by atoms with Gasteiger partial charge in [0, 0.05) is 16.6 Å². The quantitative estimate of drug-likeness (QED) is 0.847. The molecule has 1 N–H and O–H groups in total. The van der Waals surface area contributed by atoms with E-state index in [9.17, 15) is 9.59 Å². The van der Waals surface area contributed by atoms with Crippen LogP contribution in [0.25, 0.3) is 0 Å². The molecule has 2 fully saturated rings. The first-order valence-electron chi connectivity index (χ1n) is 8.67. The van der Waals surface area contributed by atoms with E-state index in [2.05, 4.69) is 5.32 Å². The van der Waals surface area contributed by atoms with Crippen molar-refractivity contribution >= 4 is 23.4 Å². The zero-order valence-electron chi connectivity index (χ0n) is 14.5. The lowest BCUT2D eigenvalue weighted by atomic mass is 9.74. The first kappa shape index (κ1) is 17.3. The van der Waals surface area contributed by atoms with Gasteiger partial charge in [0.25, 0.3) is 0 Å². The summed E-state index contributed by atoms with van der Waals surface area (Å²) in [5.74, 6) is 0.0683. The van der Waals surface area contributed by atoms with Crippen molar-refractivity contribution in [3.05, 3.63) is 34.9 Å². The second-order valence-corrected chi connectivity index (χ2v) is 8.34. The maximum Gasteiger partial charge on any atom is 0.247 e. The Balaban J connectivity index is 1.93. The van der Waals surface area contributed by atoms with Gasteiger partial charge in [-0.05, 0) is 51.3 Å². The molecule has 130 valence electrons. The van der Waals surface area contributed by atoms with Crippen LogP contribution in [0.3, 0.4) is 0 Å². The van der Waals surface area contributed by atoms with Crippen LogP contribution in [0.5, 0.6) is 0 Å². The normalized spacial score (nSPS) is 24.8. The predicted molar refractivity (Wildman–Crippen MR) is 94.7 cm³/mol. The largest absolute Gasteiger partial charge is 0.349 e. The molecule has 1 aliphatic heterocycles. The third kappa shape index (κ3) is 3.30. The van der Waals surface area contributed by atoms with E-state index < -0.39 is 6.04 Å². The van der Waals surface area contributed by atoms with Gasteiger partial charge >= 0.3 is 0 Å². The topological polar surface area (TPSA) is 49.4 Å². The molecule has 1 aliphatic carbocycles. The molecular weight excluding hydrogens is 324 g/mol. The third-order valence-corrected chi connectivity index (χ3v) is 5.08. The van der Waals surface area contributed by atoms with Gasteiger partial charge in [0.2, 0.25) is 11.8 Å². The van der Waals surface area contributed by atoms with Gasteiger partial charge in [-0.15, -0.1) is 0 Å². The minimum atomic E-state index is -0.602. The summed E-state index contributed by atoms with van der Waals surface area (Å²) in [6, 6.07) is 6.86. The van der Waals surface area contributed by atoms with Gasteiger partial charge in [0.1, 0.15) is 6.04 Å². The van der Waals surface area contributed by atoms with E-state index in [1.54, 1.807) is 17.0 Å². The molecule has 5 heteroatoms. The summed E-state index contributed by atoms with van der Waals surface area (Å²) in [5, 5.41) is 3.60. The van der Waals surface area contributed by atoms with E-state index in [0.29, 0.717) is 5.02 Å². The van der Waals surface area contributed by atoms with Crippen LogP contribution < -0.4 is 5.32 Å². The maximum absolute atomic E-state index is 13.0. The average molecular weight is 349 g/mol. The fraction of sp³-hybridized carbons (Fsp3) is 0.579. The molecule has 3 rings (SSSR count). The van der Waals surface area contributed by atoms with Gasteiger partial charge in [-0.25, -0.2) is 0 Å². The molecule has 0 radical (unpaired) electrons. The molecule has 1 saturated heterocycles. The molecule has 1 unspecified atom stereocenters. The molecule has 0 spiro atoms. The molecule has 3 atom stereocenters. The van der Waals surface area contributed by atoms with E-state index in [0.717, 1.165) is 31.2 Å². The highest BCUT2D eigenvalue weighted by atomic mass is 35.5. The smallest absolute Gasteiger partial charge is 0.247 e. The number of nitrogens with zero attached hydrogens (tertiary/aromatic N) is 1. The number of amides is 2. The first-order valence-corrected chi connectivity index (χ1v) is 9.05. The lowest BCUT2D eigenvalue weighted by Crippen LogP contribution is -2.65. The Bertz CT molecular complexity index is 653. The number of halogens is 1. The van der Waals surface area contributed by atoms with E-state index in [1.165, 1.54) is 0 Å². The predicted octanol–water partition coefficient (Wildman–Crippen LogP) is 3.70. The molecular formula is C19H25ClN2O2. The third-order valence-electron chi connectivity index (χ3n) is 4.85. The molecule has 1 aromatic carbocycles. The number of β-lactam (4-membered cyclic amide) rings is 1. The Morgan fingerprint density at radius 2 is 2.00 bits per heavy atom. The molecule has 2 amide bonds. The van der Waals surface area contributed by atoms with Crippen LogP contribution in [0, 0.1) is 5.92 Å². The summed E-state index contributed by atoms with van der Waals surface area (Å²) in [7, 11) is 0. The Labute approximate surface area is 148 Å². The van der Waals surface area contributed by atoms with Gasteiger partial charge < -0.3 is 10.2 Å². The molecule has 24 heavy (non-hydrogen) atoms. The second kappa shape index (κ2) is 6.40. The zero-order valence-corrected chi connectivity index (χ0v) is 15.3. The Kier molecular flexibility index (Phi) is 4.60. The van der Waals surface area contributed by atoms with Crippen LogP contribution >= 0.6 is 11.6 Å². The Hall–Kier alpha value is -1.55. The highest BCUT2D eigenvalue weighted by Crippen LogP contribution is 2.43. The molecule has 1 saturated carbocycles. The molecule has 1 heterocycles. The van der Waals surface area contributed by atoms with Crippen molar-refractivity contribution < 1.29 is 9.59 Å². The Morgan fingerprint density at radius 3 is 2.67 bits per heavy atom. The van der Waals surface area contributed by atoms with Crippen LogP contribution in [0.15, 0.2) is 24.3 Å². The maximum atomic E-state index is 13.0. The number of fused-ring (bicyclic) bond motifs is 1. The van der Waals surface area contributed by atoms with Crippen LogP contribution in [-0.2, 0) is 9.59 Å². The first-order chi connectivity index (χ1) is 11.3. The summed E-state index contributed by atoms with van der Waals surface area (Å²) in [6.07, 6.45) is 4.16. The van der Waals surface area contributed by atoms with E-state index in [4.69, 9.17) is 11.6 Å². The van der Waals surface area contributed by atoms with Crippen molar-refractivity contribution in [2.45, 2.75) is 64.1 Å². The van der Waals surface area contributed by atoms with Crippen LogP contribution in [0.1, 0.15) is 58.1 Å². The molecule has 2 aliphatic rings. The summed E-state index contributed by atoms with van der Waals surface area (Å²) in [5.41, 5.74) is 0.426. The fourth-order valence-corrected chi connectivity index (χ4v) is 4.08. The lowest BCUT2D eigenvalue weighted by molar-refractivity contribution is -0.169. The number of carbonyl (C=O) groups is 2. The lowest BCUT2D eigenvalue weighted by Gasteiger charge is -2.53. The van der Waals surface area contributed by atoms with Crippen LogP contribution in [-0.4, -0.2) is 28.3 Å². The highest BCUT2D eigenvalue weighted by molar-refractivity contribution is 6.30. The van der Waals surface area contributed by atoms with E-state index in [1.807, 2.05) is 32.9 Å². The Morgan fingerprint density at radius 1 is 1.29 bits per heavy atom. The minimum Gasteiger partial charge on any atom is -0.349 e. The van der Waals surface area contributed by atoms with Gasteiger partial charge in [0.05, 0.1) is 5.92 Å². The monoisotopic (exact) mass is 348 g/mol. The minimum absolute atomic E-state index is 0.0999. The van der Waals surface area contributed by atoms with E-state index in [-0.39, 0.29) is 29.3 Å². The SMILES string of the molecule is CC(C)(C)NC(=O)C(c1cccc(Cl)c1)N1C(=O)[C@@H]2CCCC[C@@H]21. The van der Waals surface area contributed by atoms with E-state index >= 15 is 0 Å². The molecule has 0 aromatic heterocycles. The number of rotatable bonds is 3. The second-order valence-electron chi connectivity index (χ2n) is 7.90. The van der Waals surface area contributed by atoms with Gasteiger partial charge in [-0.3, -0.25) is 9.59 Å². The number of hydrogen-bond acceptors (Lipinski definition) is 2. The summed E-state index contributed by atoms with van der Waals surface area (Å²) < 4.78 is 0. The number of carbonyl (C=O) groups excluding carboxylic acids is 2. The fourth-order valence-electron chi connectivity index (χ4n) is 3.88. The van der Waals surface area contributed by atoms with Gasteiger partial charge in [-0.1, -0.05) is 36.6 Å². The highest BCUT2D eigenvalue weighted by Gasteiger charge is 2.52. The van der Waals surface area contributed by atoms with Crippen molar-refractivity contribution in [2.24, 2.45) is 5.92 Å². The zero-order chi connectivity index (χ0) is 17.5. The summed E-state index contributed by atoms with van der Waals surface area (Å²) in [4.78, 5) is 27.4. The van der Waals surface area contributed by atoms with Crippen molar-refractivity contribution in [3.63, 3.8) is 0 Å². The summed E-state index contributed by atoms with van der Waals surface area (Å²) in [6.45, 7) is 5.84. The van der Waals surface area contributed by atoms with Gasteiger partial charge in [0.15, 0.2) is 0 Å². The standard InChI is InChI=1S/C19H25ClN2O2/c1-19(2,3)21-17(23)16(12-7-6-8-13(20)11-12)22-15-10-5-4-9-14(15)18(22)24/h6-8,11,14-16H,4-5,9-10H2,1-3H3,(H,21,23)/t14-,15+,16?/m1/s1. The number of likely N-dealkylation sites (tertiary alicyclic amines) is 1. The molecule has 4 nitrogen and oxygen atoms in total. The van der Waals surface area contributed by atoms with Crippen LogP contribution in [0.4, 0.5) is 0 Å². The van der Waals surface area contributed by atoms with Crippen LogP contribution in [0.2, 0.25) is 5.02 Å².